The van der Waals surface area contributed by atoms with Crippen molar-refractivity contribution in [3.8, 4) is 0 Å². The van der Waals surface area contributed by atoms with Crippen LogP contribution in [0.25, 0.3) is 0 Å². The van der Waals surface area contributed by atoms with E-state index in [4.69, 9.17) is 0 Å². The van der Waals surface area contributed by atoms with Gasteiger partial charge in [-0.25, -0.2) is 5.01 Å². The molecule has 0 saturated heterocycles. The Labute approximate surface area is 164 Å². The van der Waals surface area contributed by atoms with Gasteiger partial charge in [-0.1, -0.05) is 94.7 Å². The van der Waals surface area contributed by atoms with Crippen molar-refractivity contribution in [3.05, 3.63) is 60.7 Å². The van der Waals surface area contributed by atoms with Crippen LogP contribution in [0.15, 0.2) is 60.7 Å². The molecule has 0 aliphatic carbocycles. The maximum atomic E-state index is 12.8. The highest BCUT2D eigenvalue weighted by atomic mass is 16.2. The number of nitrogens with one attached hydrogen (secondary N) is 1. The van der Waals surface area contributed by atoms with Gasteiger partial charge in [0, 0.05) is 6.42 Å². The summed E-state index contributed by atoms with van der Waals surface area (Å²) in [6.45, 7) is 2.25. The summed E-state index contributed by atoms with van der Waals surface area (Å²) in [7, 11) is 0. The molecule has 0 spiro atoms. The van der Waals surface area contributed by atoms with Crippen molar-refractivity contribution in [2.75, 3.05) is 10.4 Å². The number of nitrogens with zero attached hydrogens (tertiary/aromatic N) is 1. The number of unbranched alkanes of at least 4 members (excludes halogenated alkanes) is 8. The van der Waals surface area contributed by atoms with Crippen LogP contribution in [0.5, 0.6) is 0 Å². The van der Waals surface area contributed by atoms with Crippen molar-refractivity contribution in [2.24, 2.45) is 0 Å². The number of hydrogen-bond acceptors (Lipinski definition) is 2. The fourth-order valence-corrected chi connectivity index (χ4v) is 3.19. The molecule has 0 bridgehead atoms. The third-order valence-electron chi connectivity index (χ3n) is 4.77. The predicted octanol–water partition coefficient (Wildman–Crippen LogP) is 6.97. The lowest BCUT2D eigenvalue weighted by atomic mass is 10.1. The first-order chi connectivity index (χ1) is 13.3. The van der Waals surface area contributed by atoms with Crippen molar-refractivity contribution in [1.82, 2.24) is 0 Å². The monoisotopic (exact) mass is 366 g/mol. The number of hydrazine groups is 1. The summed E-state index contributed by atoms with van der Waals surface area (Å²) in [5.41, 5.74) is 5.06. The lowest BCUT2D eigenvalue weighted by molar-refractivity contribution is -0.118. The summed E-state index contributed by atoms with van der Waals surface area (Å²) in [5.74, 6) is 0.119. The van der Waals surface area contributed by atoms with Gasteiger partial charge in [0.2, 0.25) is 5.91 Å². The van der Waals surface area contributed by atoms with Gasteiger partial charge in [0.05, 0.1) is 11.4 Å². The number of benzene rings is 2. The van der Waals surface area contributed by atoms with Crippen molar-refractivity contribution < 1.29 is 4.79 Å². The van der Waals surface area contributed by atoms with Crippen LogP contribution in [0.2, 0.25) is 0 Å². The molecule has 0 unspecified atom stereocenters. The third-order valence-corrected chi connectivity index (χ3v) is 4.77. The fourth-order valence-electron chi connectivity index (χ4n) is 3.19. The molecule has 2 aromatic carbocycles. The number of para-hydroxylation sites is 2. The highest BCUT2D eigenvalue weighted by Crippen LogP contribution is 2.18. The topological polar surface area (TPSA) is 32.3 Å². The van der Waals surface area contributed by atoms with E-state index >= 15 is 0 Å². The number of carbonyl (C=O) groups is 1. The van der Waals surface area contributed by atoms with Crippen molar-refractivity contribution in [3.63, 3.8) is 0 Å². The normalized spacial score (nSPS) is 10.6. The van der Waals surface area contributed by atoms with E-state index in [9.17, 15) is 4.79 Å². The molecule has 0 aliphatic rings. The standard InChI is InChI=1S/C24H34N2O/c1-2-3-4-5-6-7-8-9-16-21-24(27)26(23-19-14-11-15-20-23)25-22-17-12-10-13-18-22/h10-15,17-20,25H,2-9,16,21H2,1H3. The Morgan fingerprint density at radius 1 is 0.741 bits per heavy atom. The number of amides is 1. The quantitative estimate of drug-likeness (QED) is 0.307. The predicted molar refractivity (Wildman–Crippen MR) is 116 cm³/mol. The zero-order valence-electron chi connectivity index (χ0n) is 16.7. The van der Waals surface area contributed by atoms with Crippen LogP contribution in [0.4, 0.5) is 11.4 Å². The molecule has 0 atom stereocenters. The number of hydrogen-bond donors (Lipinski definition) is 1. The van der Waals surface area contributed by atoms with E-state index in [1.807, 2.05) is 60.7 Å². The summed E-state index contributed by atoms with van der Waals surface area (Å²) >= 11 is 0. The molecule has 1 amide bonds. The van der Waals surface area contributed by atoms with Crippen LogP contribution in [-0.2, 0) is 4.79 Å². The first-order valence-corrected chi connectivity index (χ1v) is 10.5. The molecule has 0 fully saturated rings. The molecular formula is C24H34N2O. The zero-order valence-corrected chi connectivity index (χ0v) is 16.7. The van der Waals surface area contributed by atoms with E-state index in [1.54, 1.807) is 5.01 Å². The van der Waals surface area contributed by atoms with Gasteiger partial charge in [-0.05, 0) is 30.7 Å². The lowest BCUT2D eigenvalue weighted by Crippen LogP contribution is -2.36. The van der Waals surface area contributed by atoms with Crippen LogP contribution in [0.1, 0.15) is 71.1 Å². The summed E-state index contributed by atoms with van der Waals surface area (Å²) in [6, 6.07) is 19.7. The molecule has 3 heteroatoms. The van der Waals surface area contributed by atoms with Gasteiger partial charge in [0.15, 0.2) is 0 Å². The lowest BCUT2D eigenvalue weighted by Gasteiger charge is -2.24. The molecule has 0 aliphatic heterocycles. The van der Waals surface area contributed by atoms with Gasteiger partial charge >= 0.3 is 0 Å². The zero-order chi connectivity index (χ0) is 19.2. The molecule has 27 heavy (non-hydrogen) atoms. The molecule has 0 saturated carbocycles. The minimum atomic E-state index is 0.119. The summed E-state index contributed by atoms with van der Waals surface area (Å²) in [6.07, 6.45) is 11.9. The van der Waals surface area contributed by atoms with E-state index < -0.39 is 0 Å². The smallest absolute Gasteiger partial charge is 0.245 e. The Morgan fingerprint density at radius 3 is 1.85 bits per heavy atom. The first-order valence-electron chi connectivity index (χ1n) is 10.5. The second-order valence-corrected chi connectivity index (χ2v) is 7.12. The molecule has 3 nitrogen and oxygen atoms in total. The summed E-state index contributed by atoms with van der Waals surface area (Å²) in [4.78, 5) is 12.8. The van der Waals surface area contributed by atoms with Gasteiger partial charge in [0.1, 0.15) is 0 Å². The molecule has 0 heterocycles. The van der Waals surface area contributed by atoms with Gasteiger partial charge in [-0.2, -0.15) is 0 Å². The van der Waals surface area contributed by atoms with E-state index in [2.05, 4.69) is 12.3 Å². The third kappa shape index (κ3) is 8.29. The van der Waals surface area contributed by atoms with Crippen molar-refractivity contribution >= 4 is 17.3 Å². The molecule has 2 aromatic rings. The van der Waals surface area contributed by atoms with Crippen LogP contribution in [0, 0.1) is 0 Å². The van der Waals surface area contributed by atoms with E-state index in [1.165, 1.54) is 44.9 Å². The summed E-state index contributed by atoms with van der Waals surface area (Å²) in [5, 5.41) is 1.68. The maximum absolute atomic E-state index is 12.8. The minimum Gasteiger partial charge on any atom is -0.291 e. The van der Waals surface area contributed by atoms with Gasteiger partial charge in [0.25, 0.3) is 0 Å². The second kappa shape index (κ2) is 13.0. The van der Waals surface area contributed by atoms with Crippen LogP contribution in [-0.4, -0.2) is 5.91 Å². The fraction of sp³-hybridized carbons (Fsp3) is 0.458. The Hall–Kier alpha value is -2.29. The molecule has 0 aromatic heterocycles. The van der Waals surface area contributed by atoms with E-state index in [0.29, 0.717) is 6.42 Å². The largest absolute Gasteiger partial charge is 0.291 e. The Kier molecular flexibility index (Phi) is 10.1. The molecule has 0 radical (unpaired) electrons. The van der Waals surface area contributed by atoms with E-state index in [-0.39, 0.29) is 5.91 Å². The molecular weight excluding hydrogens is 332 g/mol. The van der Waals surface area contributed by atoms with Crippen LogP contribution in [0.3, 0.4) is 0 Å². The van der Waals surface area contributed by atoms with Crippen LogP contribution < -0.4 is 10.4 Å². The summed E-state index contributed by atoms with van der Waals surface area (Å²) < 4.78 is 0. The average Bonchev–Trinajstić information content (AvgIpc) is 2.72. The Morgan fingerprint density at radius 2 is 1.26 bits per heavy atom. The van der Waals surface area contributed by atoms with Crippen molar-refractivity contribution in [1.29, 1.82) is 0 Å². The van der Waals surface area contributed by atoms with Gasteiger partial charge in [-0.15, -0.1) is 0 Å². The Balaban J connectivity index is 1.77. The van der Waals surface area contributed by atoms with Gasteiger partial charge in [-0.3, -0.25) is 10.2 Å². The SMILES string of the molecule is CCCCCCCCCCCC(=O)N(Nc1ccccc1)c1ccccc1. The molecule has 1 N–H and O–H groups in total. The highest BCUT2D eigenvalue weighted by molar-refractivity contribution is 5.95. The number of anilines is 2. The average molecular weight is 367 g/mol. The number of rotatable bonds is 13. The number of carbonyl (C=O) groups excluding carboxylic acids is 1. The molecule has 2 rings (SSSR count). The highest BCUT2D eigenvalue weighted by Gasteiger charge is 2.15. The second-order valence-electron chi connectivity index (χ2n) is 7.12. The minimum absolute atomic E-state index is 0.119. The van der Waals surface area contributed by atoms with Crippen LogP contribution >= 0.6 is 0 Å². The van der Waals surface area contributed by atoms with Gasteiger partial charge < -0.3 is 0 Å². The van der Waals surface area contributed by atoms with E-state index in [0.717, 1.165) is 24.2 Å². The van der Waals surface area contributed by atoms with Crippen molar-refractivity contribution in [2.45, 2.75) is 71.1 Å². The first kappa shape index (κ1) is 21.0. The Bertz CT molecular complexity index is 627. The maximum Gasteiger partial charge on any atom is 0.245 e. The molecule has 146 valence electrons.